The molecule has 16 heavy (non-hydrogen) atoms. The summed E-state index contributed by atoms with van der Waals surface area (Å²) in [5.74, 6) is -0.283. The van der Waals surface area contributed by atoms with Gasteiger partial charge < -0.3 is 5.32 Å². The van der Waals surface area contributed by atoms with Crippen molar-refractivity contribution >= 4 is 23.2 Å². The minimum Gasteiger partial charge on any atom is -0.316 e. The van der Waals surface area contributed by atoms with Gasteiger partial charge in [-0.05, 0) is 18.6 Å². The second kappa shape index (κ2) is 4.28. The van der Waals surface area contributed by atoms with Crippen LogP contribution in [0.4, 0.5) is 5.69 Å². The maximum absolute atomic E-state index is 11.6. The number of carbonyl (C=O) groups excluding carboxylic acids is 1. The number of hydrogen-bond acceptors (Lipinski definition) is 4. The monoisotopic (exact) mass is 237 g/mol. The Kier molecular flexibility index (Phi) is 2.82. The highest BCUT2D eigenvalue weighted by atomic mass is 35.5. The van der Waals surface area contributed by atoms with E-state index in [4.69, 9.17) is 11.6 Å². The van der Waals surface area contributed by atoms with Crippen molar-refractivity contribution in [3.63, 3.8) is 0 Å². The van der Waals surface area contributed by atoms with Crippen molar-refractivity contribution in [2.75, 3.05) is 5.32 Å². The molecule has 0 fully saturated rings. The standard InChI is InChI=1S/C9H8ClN5O/c1-5-2-3-11-7(10)6(5)14-9(16)8-12-4-13-15-8/h2-4H,1H3,(H,14,16)(H,12,13,15). The molecule has 2 rings (SSSR count). The van der Waals surface area contributed by atoms with Crippen molar-refractivity contribution in [2.24, 2.45) is 0 Å². The number of H-pyrrole nitrogens is 1. The number of rotatable bonds is 2. The van der Waals surface area contributed by atoms with E-state index in [2.05, 4.69) is 25.5 Å². The van der Waals surface area contributed by atoms with Crippen LogP contribution in [0.15, 0.2) is 18.6 Å². The SMILES string of the molecule is Cc1ccnc(Cl)c1NC(=O)c1ncn[nH]1. The summed E-state index contributed by atoms with van der Waals surface area (Å²) in [4.78, 5) is 19.3. The van der Waals surface area contributed by atoms with E-state index in [9.17, 15) is 4.79 Å². The Morgan fingerprint density at radius 2 is 2.31 bits per heavy atom. The molecule has 0 saturated heterocycles. The molecule has 7 heteroatoms. The fourth-order valence-corrected chi connectivity index (χ4v) is 1.42. The minimum absolute atomic E-state index is 0.124. The number of pyridine rings is 1. The van der Waals surface area contributed by atoms with Crippen LogP contribution in [-0.2, 0) is 0 Å². The average molecular weight is 238 g/mol. The zero-order valence-corrected chi connectivity index (χ0v) is 9.12. The summed E-state index contributed by atoms with van der Waals surface area (Å²) in [5.41, 5.74) is 1.30. The maximum atomic E-state index is 11.6. The highest BCUT2D eigenvalue weighted by Crippen LogP contribution is 2.22. The molecule has 2 heterocycles. The van der Waals surface area contributed by atoms with Crippen LogP contribution < -0.4 is 5.32 Å². The lowest BCUT2D eigenvalue weighted by atomic mass is 10.2. The Bertz CT molecular complexity index is 490. The van der Waals surface area contributed by atoms with E-state index in [1.54, 1.807) is 12.3 Å². The maximum Gasteiger partial charge on any atom is 0.293 e. The van der Waals surface area contributed by atoms with Gasteiger partial charge in [0.05, 0.1) is 5.69 Å². The Balaban J connectivity index is 2.25. The highest BCUT2D eigenvalue weighted by Gasteiger charge is 2.12. The third-order valence-electron chi connectivity index (χ3n) is 1.98. The van der Waals surface area contributed by atoms with E-state index in [1.165, 1.54) is 6.33 Å². The number of aromatic amines is 1. The van der Waals surface area contributed by atoms with Crippen LogP contribution in [0, 0.1) is 6.92 Å². The van der Waals surface area contributed by atoms with Gasteiger partial charge in [0.15, 0.2) is 5.15 Å². The van der Waals surface area contributed by atoms with E-state index in [0.29, 0.717) is 5.69 Å². The molecule has 0 aliphatic heterocycles. The van der Waals surface area contributed by atoms with E-state index in [1.807, 2.05) is 6.92 Å². The largest absolute Gasteiger partial charge is 0.316 e. The second-order valence-corrected chi connectivity index (χ2v) is 3.44. The molecule has 0 atom stereocenters. The van der Waals surface area contributed by atoms with Gasteiger partial charge in [0.1, 0.15) is 6.33 Å². The number of halogens is 1. The van der Waals surface area contributed by atoms with E-state index in [0.717, 1.165) is 5.56 Å². The van der Waals surface area contributed by atoms with Crippen molar-refractivity contribution in [3.05, 3.63) is 35.1 Å². The van der Waals surface area contributed by atoms with Gasteiger partial charge >= 0.3 is 0 Å². The lowest BCUT2D eigenvalue weighted by Gasteiger charge is -2.07. The number of aryl methyl sites for hydroxylation is 1. The van der Waals surface area contributed by atoms with Crippen LogP contribution in [-0.4, -0.2) is 26.1 Å². The summed E-state index contributed by atoms with van der Waals surface area (Å²) in [5, 5.41) is 8.90. The van der Waals surface area contributed by atoms with E-state index < -0.39 is 5.91 Å². The first-order valence-corrected chi connectivity index (χ1v) is 4.84. The van der Waals surface area contributed by atoms with E-state index in [-0.39, 0.29) is 11.0 Å². The smallest absolute Gasteiger partial charge is 0.293 e. The molecule has 0 aromatic carbocycles. The molecule has 2 aromatic rings. The minimum atomic E-state index is -0.407. The van der Waals surface area contributed by atoms with Crippen LogP contribution in [0.1, 0.15) is 16.2 Å². The fourth-order valence-electron chi connectivity index (χ4n) is 1.16. The molecule has 0 spiro atoms. The predicted molar refractivity (Wildman–Crippen MR) is 58.3 cm³/mol. The first kappa shape index (κ1) is 10.6. The number of aromatic nitrogens is 4. The zero-order chi connectivity index (χ0) is 11.5. The number of nitrogens with one attached hydrogen (secondary N) is 2. The van der Waals surface area contributed by atoms with Gasteiger partial charge in [-0.25, -0.2) is 9.97 Å². The molecule has 0 aliphatic carbocycles. The van der Waals surface area contributed by atoms with Crippen molar-refractivity contribution < 1.29 is 4.79 Å². The Morgan fingerprint density at radius 1 is 1.50 bits per heavy atom. The molecule has 0 bridgehead atoms. The van der Waals surface area contributed by atoms with Gasteiger partial charge in [0.2, 0.25) is 5.82 Å². The van der Waals surface area contributed by atoms with Gasteiger partial charge in [0.25, 0.3) is 5.91 Å². The van der Waals surface area contributed by atoms with E-state index >= 15 is 0 Å². The number of amides is 1. The van der Waals surface area contributed by atoms with Crippen LogP contribution in [0.3, 0.4) is 0 Å². The molecular weight excluding hydrogens is 230 g/mol. The molecular formula is C9H8ClN5O. The quantitative estimate of drug-likeness (QED) is 0.774. The molecule has 0 saturated carbocycles. The fraction of sp³-hybridized carbons (Fsp3) is 0.111. The van der Waals surface area contributed by atoms with Gasteiger partial charge in [0, 0.05) is 6.20 Å². The predicted octanol–water partition coefficient (Wildman–Crippen LogP) is 1.41. The first-order chi connectivity index (χ1) is 7.68. The summed E-state index contributed by atoms with van der Waals surface area (Å²) in [6, 6.07) is 1.75. The molecule has 1 amide bonds. The summed E-state index contributed by atoms with van der Waals surface area (Å²) in [6.45, 7) is 1.82. The molecule has 2 aromatic heterocycles. The van der Waals surface area contributed by atoms with Crippen LogP contribution in [0.2, 0.25) is 5.15 Å². The molecule has 6 nitrogen and oxygen atoms in total. The first-order valence-electron chi connectivity index (χ1n) is 4.46. The van der Waals surface area contributed by atoms with Gasteiger partial charge in [-0.1, -0.05) is 11.6 Å². The molecule has 2 N–H and O–H groups in total. The topological polar surface area (TPSA) is 83.6 Å². The summed E-state index contributed by atoms with van der Waals surface area (Å²) < 4.78 is 0. The summed E-state index contributed by atoms with van der Waals surface area (Å²) in [7, 11) is 0. The Morgan fingerprint density at radius 3 is 2.94 bits per heavy atom. The van der Waals surface area contributed by atoms with Gasteiger partial charge in [-0.15, -0.1) is 0 Å². The number of hydrogen-bond donors (Lipinski definition) is 2. The lowest BCUT2D eigenvalue weighted by Crippen LogP contribution is -2.15. The molecule has 0 radical (unpaired) electrons. The van der Waals surface area contributed by atoms with Crippen LogP contribution in [0.25, 0.3) is 0 Å². The van der Waals surface area contributed by atoms with Crippen molar-refractivity contribution in [1.82, 2.24) is 20.2 Å². The van der Waals surface area contributed by atoms with Crippen molar-refractivity contribution in [1.29, 1.82) is 0 Å². The van der Waals surface area contributed by atoms with Gasteiger partial charge in [-0.2, -0.15) is 5.10 Å². The average Bonchev–Trinajstić information content (AvgIpc) is 2.76. The molecule has 0 aliphatic rings. The Hall–Kier alpha value is -1.95. The normalized spacial score (nSPS) is 10.1. The van der Waals surface area contributed by atoms with Crippen molar-refractivity contribution in [2.45, 2.75) is 6.92 Å². The summed E-state index contributed by atoms with van der Waals surface area (Å²) >= 11 is 5.86. The number of anilines is 1. The van der Waals surface area contributed by atoms with Gasteiger partial charge in [-0.3, -0.25) is 9.89 Å². The van der Waals surface area contributed by atoms with Crippen molar-refractivity contribution in [3.8, 4) is 0 Å². The highest BCUT2D eigenvalue weighted by molar-refractivity contribution is 6.32. The lowest BCUT2D eigenvalue weighted by molar-refractivity contribution is 0.101. The zero-order valence-electron chi connectivity index (χ0n) is 8.36. The van der Waals surface area contributed by atoms with Crippen LogP contribution in [0.5, 0.6) is 0 Å². The number of carbonyl (C=O) groups is 1. The third kappa shape index (κ3) is 2.01. The summed E-state index contributed by atoms with van der Waals surface area (Å²) in [6.07, 6.45) is 2.83. The third-order valence-corrected chi connectivity index (χ3v) is 2.27. The Labute approximate surface area is 96.1 Å². The van der Waals surface area contributed by atoms with Crippen LogP contribution >= 0.6 is 11.6 Å². The molecule has 0 unspecified atom stereocenters. The number of nitrogens with zero attached hydrogens (tertiary/aromatic N) is 3. The second-order valence-electron chi connectivity index (χ2n) is 3.08. The molecule has 82 valence electrons.